The lowest BCUT2D eigenvalue weighted by Crippen LogP contribution is -2.51. The number of nitrogens with zero attached hydrogens (tertiary/aromatic N) is 5. The van der Waals surface area contributed by atoms with Crippen LogP contribution in [0.1, 0.15) is 17.7 Å². The molecule has 1 fully saturated rings. The van der Waals surface area contributed by atoms with Gasteiger partial charge in [-0.25, -0.2) is 4.98 Å². The number of alkyl halides is 2. The number of anilines is 1. The lowest BCUT2D eigenvalue weighted by molar-refractivity contribution is -0.144. The van der Waals surface area contributed by atoms with E-state index in [1.165, 1.54) is 4.90 Å². The number of nitriles is 1. The molecule has 0 aliphatic carbocycles. The van der Waals surface area contributed by atoms with Gasteiger partial charge in [-0.1, -0.05) is 24.3 Å². The summed E-state index contributed by atoms with van der Waals surface area (Å²) in [6.07, 6.45) is 0. The second-order valence-electron chi connectivity index (χ2n) is 8.98. The van der Waals surface area contributed by atoms with Gasteiger partial charge in [0.15, 0.2) is 0 Å². The Hall–Kier alpha value is -4.62. The summed E-state index contributed by atoms with van der Waals surface area (Å²) in [5, 5.41) is 11.5. The van der Waals surface area contributed by atoms with Crippen LogP contribution in [-0.4, -0.2) is 57.3 Å². The molecule has 0 unspecified atom stereocenters. The fraction of sp³-hybridized carbons (Fsp3) is 0.214. The number of imidazole rings is 1. The van der Waals surface area contributed by atoms with Crippen LogP contribution in [-0.2, 0) is 16.1 Å². The third-order valence-corrected chi connectivity index (χ3v) is 6.53. The van der Waals surface area contributed by atoms with Gasteiger partial charge in [0.1, 0.15) is 5.82 Å². The SMILES string of the molecule is N#Cc1ccc(CN2CCN(C(=O)C(=O)Nc3ccc(-c4nc5ccccc5n4C(F)F)cc3)CC2)cc1. The van der Waals surface area contributed by atoms with Gasteiger partial charge < -0.3 is 10.2 Å². The van der Waals surface area contributed by atoms with Crippen molar-refractivity contribution < 1.29 is 18.4 Å². The molecule has 10 heteroatoms. The van der Waals surface area contributed by atoms with Gasteiger partial charge in [-0.05, 0) is 54.1 Å². The van der Waals surface area contributed by atoms with Gasteiger partial charge in [-0.2, -0.15) is 14.0 Å². The number of nitrogens with one attached hydrogen (secondary N) is 1. The number of amides is 2. The summed E-state index contributed by atoms with van der Waals surface area (Å²) in [6.45, 7) is 0.0268. The normalized spacial score (nSPS) is 14.0. The highest BCUT2D eigenvalue weighted by Gasteiger charge is 2.26. The molecule has 8 nitrogen and oxygen atoms in total. The molecular formula is C28H24F2N6O2. The Bertz CT molecular complexity index is 1500. The second kappa shape index (κ2) is 10.8. The fourth-order valence-corrected chi connectivity index (χ4v) is 4.53. The summed E-state index contributed by atoms with van der Waals surface area (Å²) in [5.41, 5.74) is 3.32. The molecule has 38 heavy (non-hydrogen) atoms. The van der Waals surface area contributed by atoms with E-state index in [1.54, 1.807) is 60.7 Å². The number of para-hydroxylation sites is 2. The van der Waals surface area contributed by atoms with Gasteiger partial charge in [0.05, 0.1) is 22.7 Å². The second-order valence-corrected chi connectivity index (χ2v) is 8.98. The van der Waals surface area contributed by atoms with Gasteiger partial charge >= 0.3 is 18.4 Å². The minimum Gasteiger partial charge on any atom is -0.332 e. The summed E-state index contributed by atoms with van der Waals surface area (Å²) in [6, 6.07) is 22.5. The lowest BCUT2D eigenvalue weighted by Gasteiger charge is -2.34. The maximum Gasteiger partial charge on any atom is 0.320 e. The third kappa shape index (κ3) is 5.23. The number of fused-ring (bicyclic) bond motifs is 1. The number of benzene rings is 3. The monoisotopic (exact) mass is 514 g/mol. The number of halogens is 2. The first kappa shape index (κ1) is 25.0. The van der Waals surface area contributed by atoms with E-state index in [4.69, 9.17) is 5.26 Å². The number of aromatic nitrogens is 2. The first-order chi connectivity index (χ1) is 18.4. The largest absolute Gasteiger partial charge is 0.332 e. The van der Waals surface area contributed by atoms with E-state index in [-0.39, 0.29) is 5.82 Å². The molecule has 0 bridgehead atoms. The van der Waals surface area contributed by atoms with E-state index in [2.05, 4.69) is 21.3 Å². The molecule has 1 aromatic heterocycles. The van der Waals surface area contributed by atoms with E-state index >= 15 is 0 Å². The third-order valence-electron chi connectivity index (χ3n) is 6.53. The number of rotatable bonds is 5. The highest BCUT2D eigenvalue weighted by molar-refractivity contribution is 6.39. The van der Waals surface area contributed by atoms with Gasteiger partial charge in [-0.15, -0.1) is 0 Å². The van der Waals surface area contributed by atoms with Crippen LogP contribution in [0.5, 0.6) is 0 Å². The van der Waals surface area contributed by atoms with E-state index in [0.29, 0.717) is 60.6 Å². The lowest BCUT2D eigenvalue weighted by atomic mass is 10.1. The van der Waals surface area contributed by atoms with Crippen molar-refractivity contribution in [1.82, 2.24) is 19.4 Å². The Kier molecular flexibility index (Phi) is 7.11. The maximum absolute atomic E-state index is 13.8. The highest BCUT2D eigenvalue weighted by Crippen LogP contribution is 2.30. The van der Waals surface area contributed by atoms with Crippen LogP contribution < -0.4 is 5.32 Å². The van der Waals surface area contributed by atoms with Crippen molar-refractivity contribution in [2.75, 3.05) is 31.5 Å². The van der Waals surface area contributed by atoms with Gasteiger partial charge in [-0.3, -0.25) is 19.1 Å². The van der Waals surface area contributed by atoms with Gasteiger partial charge in [0.25, 0.3) is 0 Å². The van der Waals surface area contributed by atoms with Gasteiger partial charge in [0, 0.05) is 44.0 Å². The number of hydrogen-bond donors (Lipinski definition) is 1. The molecule has 0 radical (unpaired) electrons. The molecule has 192 valence electrons. The quantitative estimate of drug-likeness (QED) is 0.402. The molecule has 3 aromatic carbocycles. The Balaban J connectivity index is 1.18. The van der Waals surface area contributed by atoms with Crippen molar-refractivity contribution in [3.8, 4) is 17.5 Å². The fourth-order valence-electron chi connectivity index (χ4n) is 4.53. The maximum atomic E-state index is 13.8. The Morgan fingerprint density at radius 1 is 0.947 bits per heavy atom. The predicted octanol–water partition coefficient (Wildman–Crippen LogP) is 4.25. The molecule has 0 atom stereocenters. The van der Waals surface area contributed by atoms with E-state index in [9.17, 15) is 18.4 Å². The summed E-state index contributed by atoms with van der Waals surface area (Å²) in [4.78, 5) is 33.4. The topological polar surface area (TPSA) is 94.3 Å². The molecule has 5 rings (SSSR count). The first-order valence-corrected chi connectivity index (χ1v) is 12.1. The minimum atomic E-state index is -2.76. The molecule has 4 aromatic rings. The molecule has 2 amide bonds. The van der Waals surface area contributed by atoms with Crippen LogP contribution in [0.15, 0.2) is 72.8 Å². The summed E-state index contributed by atoms with van der Waals surface area (Å²) < 4.78 is 28.4. The highest BCUT2D eigenvalue weighted by atomic mass is 19.3. The molecule has 1 aliphatic heterocycles. The average Bonchev–Trinajstić information content (AvgIpc) is 3.34. The summed E-state index contributed by atoms with van der Waals surface area (Å²) in [5.74, 6) is -1.25. The van der Waals surface area contributed by atoms with Crippen LogP contribution in [0.25, 0.3) is 22.4 Å². The van der Waals surface area contributed by atoms with Crippen molar-refractivity contribution in [2.45, 2.75) is 13.1 Å². The molecular weight excluding hydrogens is 490 g/mol. The summed E-state index contributed by atoms with van der Waals surface area (Å²) >= 11 is 0. The summed E-state index contributed by atoms with van der Waals surface area (Å²) in [7, 11) is 0. The van der Waals surface area contributed by atoms with E-state index in [0.717, 1.165) is 10.1 Å². The average molecular weight is 515 g/mol. The Morgan fingerprint density at radius 2 is 1.63 bits per heavy atom. The van der Waals surface area contributed by atoms with E-state index < -0.39 is 18.4 Å². The smallest absolute Gasteiger partial charge is 0.320 e. The molecule has 1 aliphatic rings. The van der Waals surface area contributed by atoms with Crippen LogP contribution in [0.4, 0.5) is 14.5 Å². The Morgan fingerprint density at radius 3 is 2.29 bits per heavy atom. The zero-order chi connectivity index (χ0) is 26.6. The van der Waals surface area contributed by atoms with Crippen molar-refractivity contribution >= 4 is 28.5 Å². The molecule has 1 saturated heterocycles. The zero-order valence-electron chi connectivity index (χ0n) is 20.3. The van der Waals surface area contributed by atoms with E-state index in [1.807, 2.05) is 12.1 Å². The zero-order valence-corrected chi connectivity index (χ0v) is 20.3. The van der Waals surface area contributed by atoms with Crippen LogP contribution in [0.3, 0.4) is 0 Å². The standard InChI is InChI=1S/C28H24F2N6O2/c29-28(30)36-24-4-2-1-3-23(24)33-25(36)21-9-11-22(12-10-21)32-26(37)27(38)35-15-13-34(14-16-35)18-20-7-5-19(17-31)6-8-20/h1-12,28H,13-16,18H2,(H,32,37). The number of carbonyl (C=O) groups is 2. The van der Waals surface area contributed by atoms with Crippen LogP contribution in [0.2, 0.25) is 0 Å². The number of carbonyl (C=O) groups excluding carboxylic acids is 2. The molecule has 0 saturated carbocycles. The molecule has 0 spiro atoms. The van der Waals surface area contributed by atoms with Crippen molar-refractivity contribution in [3.63, 3.8) is 0 Å². The van der Waals surface area contributed by atoms with Crippen molar-refractivity contribution in [1.29, 1.82) is 5.26 Å². The Labute approximate surface area is 217 Å². The van der Waals surface area contributed by atoms with Crippen LogP contribution >= 0.6 is 0 Å². The molecule has 2 heterocycles. The van der Waals surface area contributed by atoms with Crippen molar-refractivity contribution in [2.24, 2.45) is 0 Å². The first-order valence-electron chi connectivity index (χ1n) is 12.1. The van der Waals surface area contributed by atoms with Crippen molar-refractivity contribution in [3.05, 3.63) is 83.9 Å². The molecule has 1 N–H and O–H groups in total. The number of hydrogen-bond acceptors (Lipinski definition) is 5. The number of piperazine rings is 1. The van der Waals surface area contributed by atoms with Crippen LogP contribution in [0, 0.1) is 11.3 Å². The van der Waals surface area contributed by atoms with Gasteiger partial charge in [0.2, 0.25) is 0 Å². The minimum absolute atomic E-state index is 0.119. The predicted molar refractivity (Wildman–Crippen MR) is 138 cm³/mol.